The predicted octanol–water partition coefficient (Wildman–Crippen LogP) is 1.54. The van der Waals surface area contributed by atoms with Crippen molar-refractivity contribution in [3.8, 4) is 0 Å². The van der Waals surface area contributed by atoms with E-state index in [2.05, 4.69) is 4.98 Å². The molecule has 0 saturated heterocycles. The number of hydrogen-bond acceptors (Lipinski definition) is 2. The summed E-state index contributed by atoms with van der Waals surface area (Å²) in [7, 11) is 0. The van der Waals surface area contributed by atoms with E-state index >= 15 is 0 Å². The van der Waals surface area contributed by atoms with E-state index in [0.717, 1.165) is 17.2 Å². The molecule has 2 aromatic rings. The first-order chi connectivity index (χ1) is 6.33. The van der Waals surface area contributed by atoms with Crippen molar-refractivity contribution in [2.24, 2.45) is 0 Å². The number of aromatic nitrogens is 2. The Morgan fingerprint density at radius 1 is 1.62 bits per heavy atom. The second kappa shape index (κ2) is 3.01. The molecule has 2 rings (SSSR count). The van der Waals surface area contributed by atoms with Gasteiger partial charge in [-0.3, -0.25) is 4.98 Å². The monoisotopic (exact) mass is 174 g/mol. The molecular formula is C10H10N2O. The van der Waals surface area contributed by atoms with Crippen molar-refractivity contribution in [1.82, 2.24) is 9.55 Å². The normalized spacial score (nSPS) is 10.5. The lowest BCUT2D eigenvalue weighted by Gasteiger charge is -1.96. The van der Waals surface area contributed by atoms with Crippen LogP contribution in [0.15, 0.2) is 24.7 Å². The fraction of sp³-hybridized carbons (Fsp3) is 0.200. The molecule has 0 fully saturated rings. The molecule has 0 atom stereocenters. The average molecular weight is 174 g/mol. The molecule has 0 aliphatic carbocycles. The summed E-state index contributed by atoms with van der Waals surface area (Å²) in [4.78, 5) is 14.4. The number of aryl methyl sites for hydroxylation is 1. The Morgan fingerprint density at radius 3 is 3.23 bits per heavy atom. The van der Waals surface area contributed by atoms with Crippen LogP contribution in [0.25, 0.3) is 10.9 Å². The molecule has 0 aromatic carbocycles. The highest BCUT2D eigenvalue weighted by atomic mass is 16.1. The minimum absolute atomic E-state index is 0.399. The number of nitrogens with zero attached hydrogens (tertiary/aromatic N) is 2. The topological polar surface area (TPSA) is 34.9 Å². The van der Waals surface area contributed by atoms with Gasteiger partial charge in [0.15, 0.2) is 0 Å². The summed E-state index contributed by atoms with van der Waals surface area (Å²) in [5.41, 5.74) is 2.20. The van der Waals surface area contributed by atoms with Gasteiger partial charge in [-0.05, 0) is 18.6 Å². The Balaban J connectivity index is 2.70. The summed E-state index contributed by atoms with van der Waals surface area (Å²) >= 11 is 0. The standard InChI is InChI=1S/C10H10N2O/c1-8-7-12(4-5-13)10-6-11-3-2-9(8)10/h2-3,5-7H,4H2,1H3. The second-order valence-electron chi connectivity index (χ2n) is 3.02. The van der Waals surface area contributed by atoms with Crippen LogP contribution in [0.2, 0.25) is 0 Å². The van der Waals surface area contributed by atoms with Gasteiger partial charge in [0.1, 0.15) is 6.29 Å². The van der Waals surface area contributed by atoms with Gasteiger partial charge in [-0.2, -0.15) is 0 Å². The maximum atomic E-state index is 10.4. The Morgan fingerprint density at radius 2 is 2.46 bits per heavy atom. The summed E-state index contributed by atoms with van der Waals surface area (Å²) < 4.78 is 1.91. The van der Waals surface area contributed by atoms with Crippen molar-refractivity contribution in [2.45, 2.75) is 13.5 Å². The fourth-order valence-electron chi connectivity index (χ4n) is 1.55. The molecule has 0 radical (unpaired) electrons. The third kappa shape index (κ3) is 1.22. The number of carbonyl (C=O) groups is 1. The zero-order valence-electron chi connectivity index (χ0n) is 7.40. The summed E-state index contributed by atoms with van der Waals surface area (Å²) in [6.45, 7) is 2.43. The Hall–Kier alpha value is -1.64. The van der Waals surface area contributed by atoms with Gasteiger partial charge in [0.2, 0.25) is 0 Å². The number of rotatable bonds is 2. The molecule has 66 valence electrons. The molecule has 0 aliphatic heterocycles. The van der Waals surface area contributed by atoms with Crippen LogP contribution in [0.4, 0.5) is 0 Å². The van der Waals surface area contributed by atoms with E-state index in [1.165, 1.54) is 5.56 Å². The molecule has 13 heavy (non-hydrogen) atoms. The minimum atomic E-state index is 0.399. The lowest BCUT2D eigenvalue weighted by molar-refractivity contribution is -0.108. The van der Waals surface area contributed by atoms with Crippen molar-refractivity contribution >= 4 is 17.2 Å². The van der Waals surface area contributed by atoms with Crippen molar-refractivity contribution in [1.29, 1.82) is 0 Å². The Kier molecular flexibility index (Phi) is 1.85. The molecule has 0 saturated carbocycles. The molecule has 3 nitrogen and oxygen atoms in total. The SMILES string of the molecule is Cc1cn(CC=O)c2cnccc12. The van der Waals surface area contributed by atoms with Crippen molar-refractivity contribution in [3.05, 3.63) is 30.2 Å². The average Bonchev–Trinajstić information content (AvgIpc) is 2.46. The zero-order valence-corrected chi connectivity index (χ0v) is 7.40. The van der Waals surface area contributed by atoms with Crippen molar-refractivity contribution < 1.29 is 4.79 Å². The highest BCUT2D eigenvalue weighted by Crippen LogP contribution is 2.18. The molecule has 0 spiro atoms. The van der Waals surface area contributed by atoms with E-state index in [4.69, 9.17) is 0 Å². The highest BCUT2D eigenvalue weighted by molar-refractivity contribution is 5.83. The lowest BCUT2D eigenvalue weighted by atomic mass is 10.2. The first-order valence-corrected chi connectivity index (χ1v) is 4.16. The molecule has 0 amide bonds. The summed E-state index contributed by atoms with van der Waals surface area (Å²) in [6, 6.07) is 1.96. The van der Waals surface area contributed by atoms with Gasteiger partial charge >= 0.3 is 0 Å². The van der Waals surface area contributed by atoms with Crippen molar-refractivity contribution in [3.63, 3.8) is 0 Å². The molecule has 2 heterocycles. The van der Waals surface area contributed by atoms with E-state index < -0.39 is 0 Å². The van der Waals surface area contributed by atoms with Crippen LogP contribution >= 0.6 is 0 Å². The van der Waals surface area contributed by atoms with Gasteiger partial charge in [-0.1, -0.05) is 0 Å². The first-order valence-electron chi connectivity index (χ1n) is 4.16. The maximum Gasteiger partial charge on any atom is 0.139 e. The Bertz CT molecular complexity index is 445. The smallest absolute Gasteiger partial charge is 0.139 e. The Labute approximate surface area is 76.0 Å². The predicted molar refractivity (Wildman–Crippen MR) is 50.5 cm³/mol. The van der Waals surface area contributed by atoms with Crippen LogP contribution in [-0.4, -0.2) is 15.8 Å². The van der Waals surface area contributed by atoms with Gasteiger partial charge in [-0.15, -0.1) is 0 Å². The molecule has 0 N–H and O–H groups in total. The van der Waals surface area contributed by atoms with E-state index in [0.29, 0.717) is 6.54 Å². The van der Waals surface area contributed by atoms with Crippen LogP contribution < -0.4 is 0 Å². The molecule has 0 bridgehead atoms. The molecular weight excluding hydrogens is 164 g/mol. The van der Waals surface area contributed by atoms with E-state index in [1.54, 1.807) is 12.4 Å². The number of aldehydes is 1. The van der Waals surface area contributed by atoms with Crippen LogP contribution in [-0.2, 0) is 11.3 Å². The quantitative estimate of drug-likeness (QED) is 0.647. The number of hydrogen-bond donors (Lipinski definition) is 0. The van der Waals surface area contributed by atoms with Crippen molar-refractivity contribution in [2.75, 3.05) is 0 Å². The van der Waals surface area contributed by atoms with Gasteiger partial charge in [0.05, 0.1) is 18.3 Å². The van der Waals surface area contributed by atoms with Crippen LogP contribution in [0.3, 0.4) is 0 Å². The molecule has 3 heteroatoms. The third-order valence-electron chi connectivity index (χ3n) is 2.16. The van der Waals surface area contributed by atoms with Crippen LogP contribution in [0, 0.1) is 6.92 Å². The molecule has 0 unspecified atom stereocenters. The minimum Gasteiger partial charge on any atom is -0.339 e. The maximum absolute atomic E-state index is 10.4. The largest absolute Gasteiger partial charge is 0.339 e. The van der Waals surface area contributed by atoms with Gasteiger partial charge in [0, 0.05) is 17.8 Å². The molecule has 0 aliphatic rings. The van der Waals surface area contributed by atoms with E-state index in [-0.39, 0.29) is 0 Å². The molecule has 2 aromatic heterocycles. The van der Waals surface area contributed by atoms with Gasteiger partial charge in [0.25, 0.3) is 0 Å². The van der Waals surface area contributed by atoms with Gasteiger partial charge < -0.3 is 9.36 Å². The summed E-state index contributed by atoms with van der Waals surface area (Å²) in [5.74, 6) is 0. The lowest BCUT2D eigenvalue weighted by Crippen LogP contribution is -1.96. The van der Waals surface area contributed by atoms with E-state index in [9.17, 15) is 4.79 Å². The van der Waals surface area contributed by atoms with Crippen LogP contribution in [0.5, 0.6) is 0 Å². The zero-order chi connectivity index (χ0) is 9.26. The number of fused-ring (bicyclic) bond motifs is 1. The first kappa shape index (κ1) is 7.98. The third-order valence-corrected chi connectivity index (χ3v) is 2.16. The van der Waals surface area contributed by atoms with E-state index in [1.807, 2.05) is 23.8 Å². The summed E-state index contributed by atoms with van der Waals surface area (Å²) in [5, 5.41) is 1.16. The van der Waals surface area contributed by atoms with Crippen LogP contribution in [0.1, 0.15) is 5.56 Å². The fourth-order valence-corrected chi connectivity index (χ4v) is 1.55. The summed E-state index contributed by atoms with van der Waals surface area (Å²) in [6.07, 6.45) is 6.42. The second-order valence-corrected chi connectivity index (χ2v) is 3.02. The van der Waals surface area contributed by atoms with Gasteiger partial charge in [-0.25, -0.2) is 0 Å². The highest BCUT2D eigenvalue weighted by Gasteiger charge is 2.03. The number of pyridine rings is 1. The number of carbonyl (C=O) groups excluding carboxylic acids is 1.